The van der Waals surface area contributed by atoms with Crippen LogP contribution in [0, 0.1) is 0 Å². The average Bonchev–Trinajstić information content (AvgIpc) is 2.65. The fourth-order valence-corrected chi connectivity index (χ4v) is 2.43. The van der Waals surface area contributed by atoms with Gasteiger partial charge in [-0.15, -0.1) is 0 Å². The highest BCUT2D eigenvalue weighted by molar-refractivity contribution is 7.80. The van der Waals surface area contributed by atoms with Crippen molar-refractivity contribution in [3.63, 3.8) is 0 Å². The lowest BCUT2D eigenvalue weighted by molar-refractivity contribution is 0.324. The van der Waals surface area contributed by atoms with Crippen molar-refractivity contribution in [2.45, 2.75) is 6.54 Å². The van der Waals surface area contributed by atoms with Crippen LogP contribution in [0.5, 0.6) is 23.0 Å². The first-order valence-corrected chi connectivity index (χ1v) is 7.75. The van der Waals surface area contributed by atoms with E-state index in [4.69, 9.17) is 31.2 Å². The topological polar surface area (TPSA) is 49.0 Å². The second kappa shape index (κ2) is 8.40. The first-order chi connectivity index (χ1) is 11.6. The van der Waals surface area contributed by atoms with Crippen molar-refractivity contribution in [1.29, 1.82) is 0 Å². The van der Waals surface area contributed by atoms with Gasteiger partial charge < -0.3 is 24.3 Å². The SMILES string of the molecule is COc1ccc(CNC(=S)c2cc(OC)c(OC)c(OC)c2)cc1. The summed E-state index contributed by atoms with van der Waals surface area (Å²) in [7, 11) is 6.37. The van der Waals surface area contributed by atoms with Crippen molar-refractivity contribution in [3.05, 3.63) is 47.5 Å². The highest BCUT2D eigenvalue weighted by atomic mass is 32.1. The normalized spacial score (nSPS) is 10.0. The smallest absolute Gasteiger partial charge is 0.203 e. The van der Waals surface area contributed by atoms with Crippen molar-refractivity contribution >= 4 is 17.2 Å². The van der Waals surface area contributed by atoms with Gasteiger partial charge in [-0.25, -0.2) is 0 Å². The Labute approximate surface area is 147 Å². The summed E-state index contributed by atoms with van der Waals surface area (Å²) in [6.07, 6.45) is 0. The number of methoxy groups -OCH3 is 4. The van der Waals surface area contributed by atoms with E-state index in [0.717, 1.165) is 16.9 Å². The van der Waals surface area contributed by atoms with Gasteiger partial charge in [-0.1, -0.05) is 24.4 Å². The van der Waals surface area contributed by atoms with E-state index in [2.05, 4.69) is 5.32 Å². The third-order valence-electron chi connectivity index (χ3n) is 3.54. The molecule has 0 aliphatic carbocycles. The zero-order chi connectivity index (χ0) is 17.5. The van der Waals surface area contributed by atoms with Crippen molar-refractivity contribution in [1.82, 2.24) is 5.32 Å². The summed E-state index contributed by atoms with van der Waals surface area (Å²) in [6, 6.07) is 11.5. The lowest BCUT2D eigenvalue weighted by Crippen LogP contribution is -2.21. The maximum Gasteiger partial charge on any atom is 0.203 e. The summed E-state index contributed by atoms with van der Waals surface area (Å²) in [5.74, 6) is 2.51. The van der Waals surface area contributed by atoms with Gasteiger partial charge in [0, 0.05) is 12.1 Å². The van der Waals surface area contributed by atoms with Crippen LogP contribution in [-0.4, -0.2) is 33.4 Å². The van der Waals surface area contributed by atoms with Gasteiger partial charge in [-0.3, -0.25) is 0 Å². The second-order valence-electron chi connectivity index (χ2n) is 4.94. The molecular weight excluding hydrogens is 326 g/mol. The van der Waals surface area contributed by atoms with Crippen molar-refractivity contribution in [2.24, 2.45) is 0 Å². The van der Waals surface area contributed by atoms with E-state index in [-0.39, 0.29) is 0 Å². The Hall–Kier alpha value is -2.47. The molecule has 0 atom stereocenters. The Morgan fingerprint density at radius 2 is 1.46 bits per heavy atom. The zero-order valence-electron chi connectivity index (χ0n) is 14.2. The van der Waals surface area contributed by atoms with Crippen molar-refractivity contribution in [2.75, 3.05) is 28.4 Å². The average molecular weight is 347 g/mol. The Morgan fingerprint density at radius 1 is 0.875 bits per heavy atom. The Balaban J connectivity index is 2.13. The number of nitrogens with one attached hydrogen (secondary N) is 1. The molecule has 0 aliphatic rings. The predicted molar refractivity (Wildman–Crippen MR) is 97.6 cm³/mol. The van der Waals surface area contributed by atoms with Crippen LogP contribution in [-0.2, 0) is 6.54 Å². The summed E-state index contributed by atoms with van der Waals surface area (Å²) in [6.45, 7) is 0.611. The Morgan fingerprint density at radius 3 is 1.92 bits per heavy atom. The molecule has 0 aromatic heterocycles. The van der Waals surface area contributed by atoms with Gasteiger partial charge in [0.05, 0.1) is 28.4 Å². The summed E-state index contributed by atoms with van der Waals surface area (Å²) in [5, 5.41) is 3.23. The van der Waals surface area contributed by atoms with E-state index in [1.54, 1.807) is 28.4 Å². The third kappa shape index (κ3) is 4.08. The number of hydrogen-bond acceptors (Lipinski definition) is 5. The molecule has 0 aliphatic heterocycles. The highest BCUT2D eigenvalue weighted by Crippen LogP contribution is 2.38. The number of hydrogen-bond donors (Lipinski definition) is 1. The highest BCUT2D eigenvalue weighted by Gasteiger charge is 2.15. The van der Waals surface area contributed by atoms with Gasteiger partial charge in [0.1, 0.15) is 10.7 Å². The molecule has 5 nitrogen and oxygen atoms in total. The molecule has 24 heavy (non-hydrogen) atoms. The van der Waals surface area contributed by atoms with Gasteiger partial charge in [0.15, 0.2) is 11.5 Å². The summed E-state index contributed by atoms with van der Waals surface area (Å²) >= 11 is 5.48. The van der Waals surface area contributed by atoms with E-state index in [0.29, 0.717) is 28.8 Å². The van der Waals surface area contributed by atoms with Crippen LogP contribution < -0.4 is 24.3 Å². The number of thiocarbonyl (C=S) groups is 1. The first kappa shape index (κ1) is 17.9. The molecule has 0 radical (unpaired) electrons. The Kier molecular flexibility index (Phi) is 6.26. The van der Waals surface area contributed by atoms with Crippen LogP contribution in [0.15, 0.2) is 36.4 Å². The molecule has 0 spiro atoms. The molecule has 0 saturated carbocycles. The molecule has 128 valence electrons. The standard InChI is InChI=1S/C18H21NO4S/c1-20-14-7-5-12(6-8-14)11-19-18(24)13-9-15(21-2)17(23-4)16(10-13)22-3/h5-10H,11H2,1-4H3,(H,19,24). The fraction of sp³-hybridized carbons (Fsp3) is 0.278. The summed E-state index contributed by atoms with van der Waals surface area (Å²) in [5.41, 5.74) is 1.90. The monoisotopic (exact) mass is 347 g/mol. The quantitative estimate of drug-likeness (QED) is 0.777. The largest absolute Gasteiger partial charge is 0.497 e. The van der Waals surface area contributed by atoms with Gasteiger partial charge in [-0.2, -0.15) is 0 Å². The van der Waals surface area contributed by atoms with E-state index in [1.807, 2.05) is 36.4 Å². The maximum absolute atomic E-state index is 5.48. The second-order valence-corrected chi connectivity index (χ2v) is 5.35. The van der Waals surface area contributed by atoms with Crippen LogP contribution >= 0.6 is 12.2 Å². The third-order valence-corrected chi connectivity index (χ3v) is 3.92. The molecule has 0 heterocycles. The van der Waals surface area contributed by atoms with Gasteiger partial charge in [-0.05, 0) is 29.8 Å². The molecule has 0 unspecified atom stereocenters. The minimum atomic E-state index is 0.543. The molecule has 2 aromatic rings. The maximum atomic E-state index is 5.48. The van der Waals surface area contributed by atoms with E-state index >= 15 is 0 Å². The molecule has 0 saturated heterocycles. The van der Waals surface area contributed by atoms with Gasteiger partial charge in [0.2, 0.25) is 5.75 Å². The van der Waals surface area contributed by atoms with E-state index in [1.165, 1.54) is 0 Å². The lowest BCUT2D eigenvalue weighted by Gasteiger charge is -2.15. The Bertz CT molecular complexity index is 676. The predicted octanol–water partition coefficient (Wildman–Crippen LogP) is 3.19. The zero-order valence-corrected chi connectivity index (χ0v) is 15.0. The molecule has 2 aromatic carbocycles. The van der Waals surface area contributed by atoms with Crippen LogP contribution in [0.2, 0.25) is 0 Å². The molecule has 1 N–H and O–H groups in total. The van der Waals surface area contributed by atoms with Crippen molar-refractivity contribution in [3.8, 4) is 23.0 Å². The minimum Gasteiger partial charge on any atom is -0.497 e. The number of benzene rings is 2. The molecule has 0 amide bonds. The van der Waals surface area contributed by atoms with Crippen molar-refractivity contribution < 1.29 is 18.9 Å². The molecule has 6 heteroatoms. The molecule has 2 rings (SSSR count). The fourth-order valence-electron chi connectivity index (χ4n) is 2.24. The lowest BCUT2D eigenvalue weighted by atomic mass is 10.1. The van der Waals surface area contributed by atoms with Crippen LogP contribution in [0.3, 0.4) is 0 Å². The van der Waals surface area contributed by atoms with Gasteiger partial charge in [0.25, 0.3) is 0 Å². The minimum absolute atomic E-state index is 0.543. The molecular formula is C18H21NO4S. The molecule has 0 bridgehead atoms. The summed E-state index contributed by atoms with van der Waals surface area (Å²) in [4.78, 5) is 0.602. The van der Waals surface area contributed by atoms with Crippen LogP contribution in [0.1, 0.15) is 11.1 Å². The van der Waals surface area contributed by atoms with Gasteiger partial charge >= 0.3 is 0 Å². The summed E-state index contributed by atoms with van der Waals surface area (Å²) < 4.78 is 21.2. The van der Waals surface area contributed by atoms with E-state index < -0.39 is 0 Å². The van der Waals surface area contributed by atoms with E-state index in [9.17, 15) is 0 Å². The number of ether oxygens (including phenoxy) is 4. The van der Waals surface area contributed by atoms with Crippen LogP contribution in [0.25, 0.3) is 0 Å². The first-order valence-electron chi connectivity index (χ1n) is 7.34. The number of rotatable bonds is 7. The van der Waals surface area contributed by atoms with Crippen LogP contribution in [0.4, 0.5) is 0 Å². The molecule has 0 fully saturated rings.